The Morgan fingerprint density at radius 1 is 0.870 bits per heavy atom. The van der Waals surface area contributed by atoms with Crippen molar-refractivity contribution in [3.8, 4) is 11.1 Å². The predicted molar refractivity (Wildman–Crippen MR) is 89.1 cm³/mol. The second-order valence-electron chi connectivity index (χ2n) is 6.93. The highest BCUT2D eigenvalue weighted by atomic mass is 16.4. The minimum atomic E-state index is -1.57. The molecule has 2 N–H and O–H groups in total. The summed E-state index contributed by atoms with van der Waals surface area (Å²) in [6.07, 6.45) is 3.92. The van der Waals surface area contributed by atoms with Gasteiger partial charge in [-0.15, -0.1) is 0 Å². The molecule has 1 heterocycles. The largest absolute Gasteiger partial charge is 0.379 e. The molecule has 0 saturated heterocycles. The summed E-state index contributed by atoms with van der Waals surface area (Å²) in [5.74, 6) is -0.0873. The van der Waals surface area contributed by atoms with Gasteiger partial charge in [-0.05, 0) is 36.0 Å². The summed E-state index contributed by atoms with van der Waals surface area (Å²) in [4.78, 5) is 4.70. The summed E-state index contributed by atoms with van der Waals surface area (Å²) in [6.45, 7) is 0. The SMILES string of the molecule is O[C@@]12c3ccccc3-c3ccccc3[C@@]1(O)N=C1CCCC[C@H]12. The Morgan fingerprint density at radius 3 is 2.30 bits per heavy atom. The van der Waals surface area contributed by atoms with Gasteiger partial charge in [0, 0.05) is 17.2 Å². The van der Waals surface area contributed by atoms with Gasteiger partial charge in [-0.25, -0.2) is 0 Å². The van der Waals surface area contributed by atoms with Crippen molar-refractivity contribution < 1.29 is 10.2 Å². The number of benzene rings is 2. The maximum Gasteiger partial charge on any atom is 0.216 e. The fourth-order valence-corrected chi connectivity index (χ4v) is 4.83. The molecule has 2 aromatic rings. The van der Waals surface area contributed by atoms with E-state index in [1.165, 1.54) is 0 Å². The molecule has 3 heteroatoms. The van der Waals surface area contributed by atoms with Gasteiger partial charge < -0.3 is 10.2 Å². The normalized spacial score (nSPS) is 34.0. The molecule has 3 atom stereocenters. The molecule has 1 fully saturated rings. The van der Waals surface area contributed by atoms with E-state index in [1.54, 1.807) is 0 Å². The topological polar surface area (TPSA) is 52.8 Å². The highest BCUT2D eigenvalue weighted by molar-refractivity contribution is 5.94. The first kappa shape index (κ1) is 13.5. The van der Waals surface area contributed by atoms with Crippen LogP contribution in [0.4, 0.5) is 0 Å². The highest BCUT2D eigenvalue weighted by Gasteiger charge is 2.65. The van der Waals surface area contributed by atoms with Gasteiger partial charge in [-0.3, -0.25) is 4.99 Å². The molecule has 0 amide bonds. The Kier molecular flexibility index (Phi) is 2.52. The van der Waals surface area contributed by atoms with Crippen molar-refractivity contribution in [3.63, 3.8) is 0 Å². The van der Waals surface area contributed by atoms with E-state index in [0.717, 1.165) is 53.6 Å². The second kappa shape index (κ2) is 4.31. The predicted octanol–water partition coefficient (Wildman–Crippen LogP) is 3.34. The van der Waals surface area contributed by atoms with Gasteiger partial charge in [-0.1, -0.05) is 55.0 Å². The van der Waals surface area contributed by atoms with E-state index < -0.39 is 11.3 Å². The van der Waals surface area contributed by atoms with Crippen LogP contribution in [0.1, 0.15) is 36.8 Å². The summed E-state index contributed by atoms with van der Waals surface area (Å²) in [6, 6.07) is 15.7. The van der Waals surface area contributed by atoms with Gasteiger partial charge in [-0.2, -0.15) is 0 Å². The molecule has 0 radical (unpaired) electrons. The fraction of sp³-hybridized carbons (Fsp3) is 0.350. The number of aliphatic imine (C=N–C) groups is 1. The van der Waals surface area contributed by atoms with Crippen LogP contribution in [0.5, 0.6) is 0 Å². The van der Waals surface area contributed by atoms with Gasteiger partial charge in [0.1, 0.15) is 0 Å². The minimum absolute atomic E-state index is 0.0873. The lowest BCUT2D eigenvalue weighted by Gasteiger charge is -2.46. The summed E-state index contributed by atoms with van der Waals surface area (Å²) < 4.78 is 0. The Labute approximate surface area is 135 Å². The van der Waals surface area contributed by atoms with Gasteiger partial charge >= 0.3 is 0 Å². The van der Waals surface area contributed by atoms with E-state index in [4.69, 9.17) is 4.99 Å². The maximum absolute atomic E-state index is 11.8. The van der Waals surface area contributed by atoms with Crippen molar-refractivity contribution in [1.82, 2.24) is 0 Å². The summed E-state index contributed by atoms with van der Waals surface area (Å²) in [5.41, 5.74) is 1.58. The van der Waals surface area contributed by atoms with Crippen molar-refractivity contribution in [1.29, 1.82) is 0 Å². The van der Waals surface area contributed by atoms with Gasteiger partial charge in [0.15, 0.2) is 5.60 Å². The Balaban J connectivity index is 1.89. The smallest absolute Gasteiger partial charge is 0.216 e. The van der Waals surface area contributed by atoms with Gasteiger partial charge in [0.25, 0.3) is 0 Å². The standard InChI is InChI=1S/C20H19NO2/c22-19-15-9-3-1-7-13(15)14-8-2-4-10-16(14)20(19,23)21-18-12-6-5-11-17(18)19/h1-4,7-10,17,22-23H,5-6,11-12H2/t17-,19-,20+/m1/s1. The zero-order chi connectivity index (χ0) is 15.7. The maximum atomic E-state index is 11.8. The second-order valence-corrected chi connectivity index (χ2v) is 6.93. The Hall–Kier alpha value is -1.97. The van der Waals surface area contributed by atoms with Crippen molar-refractivity contribution >= 4 is 5.71 Å². The van der Waals surface area contributed by atoms with E-state index in [2.05, 4.69) is 0 Å². The van der Waals surface area contributed by atoms with Crippen molar-refractivity contribution in [2.75, 3.05) is 0 Å². The van der Waals surface area contributed by atoms with E-state index in [-0.39, 0.29) is 5.92 Å². The zero-order valence-corrected chi connectivity index (χ0v) is 12.9. The monoisotopic (exact) mass is 305 g/mol. The van der Waals surface area contributed by atoms with Crippen LogP contribution in [-0.4, -0.2) is 15.9 Å². The molecule has 23 heavy (non-hydrogen) atoms. The lowest BCUT2D eigenvalue weighted by atomic mass is 9.63. The van der Waals surface area contributed by atoms with Crippen LogP contribution >= 0.6 is 0 Å². The number of aliphatic hydroxyl groups is 2. The van der Waals surface area contributed by atoms with Crippen LogP contribution in [-0.2, 0) is 11.3 Å². The van der Waals surface area contributed by atoms with Crippen LogP contribution in [0.3, 0.4) is 0 Å². The number of hydrogen-bond acceptors (Lipinski definition) is 3. The molecule has 3 nitrogen and oxygen atoms in total. The molecule has 5 rings (SSSR count). The molecular weight excluding hydrogens is 286 g/mol. The Morgan fingerprint density at radius 2 is 1.52 bits per heavy atom. The van der Waals surface area contributed by atoms with E-state index >= 15 is 0 Å². The third-order valence-corrected chi connectivity index (χ3v) is 5.85. The number of hydrogen-bond donors (Lipinski definition) is 2. The molecule has 2 aliphatic carbocycles. The average Bonchev–Trinajstić information content (AvgIpc) is 2.85. The average molecular weight is 305 g/mol. The molecule has 3 aliphatic rings. The number of rotatable bonds is 0. The van der Waals surface area contributed by atoms with Crippen LogP contribution in [0.25, 0.3) is 11.1 Å². The molecule has 0 spiro atoms. The van der Waals surface area contributed by atoms with Crippen LogP contribution in [0.2, 0.25) is 0 Å². The van der Waals surface area contributed by atoms with Crippen molar-refractivity contribution in [2.45, 2.75) is 37.0 Å². The highest BCUT2D eigenvalue weighted by Crippen LogP contribution is 2.60. The molecule has 0 unspecified atom stereocenters. The molecule has 1 aliphatic heterocycles. The summed E-state index contributed by atoms with van der Waals surface area (Å²) in [5, 5.41) is 23.4. The van der Waals surface area contributed by atoms with Crippen LogP contribution in [0, 0.1) is 5.92 Å². The fourth-order valence-electron chi connectivity index (χ4n) is 4.83. The van der Waals surface area contributed by atoms with Crippen LogP contribution < -0.4 is 0 Å². The zero-order valence-electron chi connectivity index (χ0n) is 12.9. The van der Waals surface area contributed by atoms with Crippen molar-refractivity contribution in [2.24, 2.45) is 10.9 Å². The summed E-state index contributed by atoms with van der Waals surface area (Å²) in [7, 11) is 0. The first-order valence-corrected chi connectivity index (χ1v) is 8.39. The minimum Gasteiger partial charge on any atom is -0.379 e. The third kappa shape index (κ3) is 1.45. The van der Waals surface area contributed by atoms with E-state index in [9.17, 15) is 10.2 Å². The molecule has 0 bridgehead atoms. The van der Waals surface area contributed by atoms with Crippen LogP contribution in [0.15, 0.2) is 53.5 Å². The lowest BCUT2D eigenvalue weighted by molar-refractivity contribution is -0.169. The van der Waals surface area contributed by atoms with E-state index in [0.29, 0.717) is 0 Å². The third-order valence-electron chi connectivity index (χ3n) is 5.85. The van der Waals surface area contributed by atoms with Crippen molar-refractivity contribution in [3.05, 3.63) is 59.7 Å². The summed E-state index contributed by atoms with van der Waals surface area (Å²) >= 11 is 0. The van der Waals surface area contributed by atoms with Gasteiger partial charge in [0.2, 0.25) is 5.72 Å². The Bertz CT molecular complexity index is 843. The molecule has 2 aromatic carbocycles. The molecule has 1 saturated carbocycles. The molecular formula is C20H19NO2. The number of nitrogens with zero attached hydrogens (tertiary/aromatic N) is 1. The lowest BCUT2D eigenvalue weighted by Crippen LogP contribution is -2.52. The van der Waals surface area contributed by atoms with E-state index in [1.807, 2.05) is 48.5 Å². The van der Waals surface area contributed by atoms with Gasteiger partial charge in [0.05, 0.1) is 0 Å². The first-order chi connectivity index (χ1) is 11.2. The quantitative estimate of drug-likeness (QED) is 0.784. The number of fused-ring (bicyclic) bond motifs is 8. The molecule has 116 valence electrons. The molecule has 0 aromatic heterocycles. The first-order valence-electron chi connectivity index (χ1n) is 8.39.